The maximum Gasteiger partial charge on any atom is 0.191 e. The van der Waals surface area contributed by atoms with Crippen LogP contribution in [-0.2, 0) is 26.6 Å². The summed E-state index contributed by atoms with van der Waals surface area (Å²) in [7, 11) is 3.83. The van der Waals surface area contributed by atoms with Gasteiger partial charge in [0.15, 0.2) is 5.96 Å². The van der Waals surface area contributed by atoms with Crippen LogP contribution in [0.1, 0.15) is 23.9 Å². The quantitative estimate of drug-likeness (QED) is 0.345. The van der Waals surface area contributed by atoms with E-state index in [1.165, 1.54) is 11.1 Å². The van der Waals surface area contributed by atoms with Crippen molar-refractivity contribution in [2.75, 3.05) is 7.05 Å². The first-order chi connectivity index (χ1) is 12.2. The number of guanidine groups is 1. The van der Waals surface area contributed by atoms with Crippen molar-refractivity contribution in [3.63, 3.8) is 0 Å². The number of halogens is 1. The van der Waals surface area contributed by atoms with E-state index in [9.17, 15) is 0 Å². The van der Waals surface area contributed by atoms with E-state index in [0.717, 1.165) is 35.8 Å². The van der Waals surface area contributed by atoms with Gasteiger partial charge in [0.1, 0.15) is 5.82 Å². The van der Waals surface area contributed by atoms with E-state index >= 15 is 0 Å². The van der Waals surface area contributed by atoms with Gasteiger partial charge in [0.2, 0.25) is 0 Å². The second-order valence-corrected chi connectivity index (χ2v) is 5.98. The molecule has 26 heavy (non-hydrogen) atoms. The molecule has 0 spiro atoms. The number of nitrogens with one attached hydrogen (secondary N) is 2. The van der Waals surface area contributed by atoms with Crippen molar-refractivity contribution in [2.24, 2.45) is 12.0 Å². The topological polar surface area (TPSA) is 54.2 Å². The summed E-state index contributed by atoms with van der Waals surface area (Å²) in [6, 6.07) is 16.7. The molecule has 2 aromatic carbocycles. The third-order valence-electron chi connectivity index (χ3n) is 4.46. The highest BCUT2D eigenvalue weighted by Gasteiger charge is 2.08. The average Bonchev–Trinajstić information content (AvgIpc) is 2.98. The maximum absolute atomic E-state index is 4.68. The van der Waals surface area contributed by atoms with E-state index in [-0.39, 0.29) is 24.0 Å². The van der Waals surface area contributed by atoms with Crippen LogP contribution in [0.25, 0.3) is 11.0 Å². The van der Waals surface area contributed by atoms with Crippen molar-refractivity contribution in [3.8, 4) is 0 Å². The Morgan fingerprint density at radius 1 is 1.00 bits per heavy atom. The summed E-state index contributed by atoms with van der Waals surface area (Å²) >= 11 is 0. The molecule has 0 fully saturated rings. The number of para-hydroxylation sites is 2. The van der Waals surface area contributed by atoms with Crippen molar-refractivity contribution < 1.29 is 0 Å². The highest BCUT2D eigenvalue weighted by atomic mass is 127. The second-order valence-electron chi connectivity index (χ2n) is 5.98. The lowest BCUT2D eigenvalue weighted by Crippen LogP contribution is -2.37. The Kier molecular flexibility index (Phi) is 7.44. The molecule has 0 bridgehead atoms. The summed E-state index contributed by atoms with van der Waals surface area (Å²) in [4.78, 5) is 9.00. The van der Waals surface area contributed by atoms with E-state index in [4.69, 9.17) is 0 Å². The van der Waals surface area contributed by atoms with Crippen LogP contribution in [0, 0.1) is 0 Å². The van der Waals surface area contributed by atoms with E-state index in [1.54, 1.807) is 7.05 Å². The Labute approximate surface area is 172 Å². The van der Waals surface area contributed by atoms with Gasteiger partial charge in [-0.2, -0.15) is 0 Å². The molecule has 0 aliphatic rings. The molecule has 0 atom stereocenters. The first-order valence-electron chi connectivity index (χ1n) is 8.64. The largest absolute Gasteiger partial charge is 0.352 e. The van der Waals surface area contributed by atoms with Crippen molar-refractivity contribution >= 4 is 41.0 Å². The van der Waals surface area contributed by atoms with Gasteiger partial charge in [-0.15, -0.1) is 24.0 Å². The molecular formula is C20H26IN5. The molecule has 0 radical (unpaired) electrons. The van der Waals surface area contributed by atoms with Crippen molar-refractivity contribution in [1.29, 1.82) is 0 Å². The van der Waals surface area contributed by atoms with Gasteiger partial charge in [0, 0.05) is 20.6 Å². The summed E-state index contributed by atoms with van der Waals surface area (Å²) < 4.78 is 2.11. The highest BCUT2D eigenvalue weighted by molar-refractivity contribution is 14.0. The number of imidazole rings is 1. The Balaban J connectivity index is 0.00000243. The number of fused-ring (bicyclic) bond motifs is 1. The molecule has 0 aliphatic heterocycles. The Morgan fingerprint density at radius 3 is 2.35 bits per heavy atom. The molecule has 1 heterocycles. The molecule has 2 N–H and O–H groups in total. The van der Waals surface area contributed by atoms with Crippen molar-refractivity contribution in [3.05, 3.63) is 65.5 Å². The third-order valence-corrected chi connectivity index (χ3v) is 4.46. The lowest BCUT2D eigenvalue weighted by Gasteiger charge is -2.13. The number of aliphatic imine (C=N–C) groups is 1. The number of benzene rings is 2. The monoisotopic (exact) mass is 463 g/mol. The Hall–Kier alpha value is -2.09. The maximum atomic E-state index is 4.68. The molecule has 5 nitrogen and oxygen atoms in total. The normalized spacial score (nSPS) is 11.3. The van der Waals surface area contributed by atoms with Gasteiger partial charge in [0.05, 0.1) is 17.6 Å². The molecule has 0 saturated carbocycles. The number of aromatic nitrogens is 2. The molecule has 3 rings (SSSR count). The van der Waals surface area contributed by atoms with Crippen LogP contribution < -0.4 is 10.6 Å². The number of hydrogen-bond donors (Lipinski definition) is 2. The predicted octanol–water partition coefficient (Wildman–Crippen LogP) is 3.62. The first kappa shape index (κ1) is 20.2. The zero-order chi connectivity index (χ0) is 17.6. The van der Waals surface area contributed by atoms with E-state index < -0.39 is 0 Å². The third kappa shape index (κ3) is 4.55. The lowest BCUT2D eigenvalue weighted by atomic mass is 10.1. The second kappa shape index (κ2) is 9.56. The van der Waals surface area contributed by atoms with Gasteiger partial charge >= 0.3 is 0 Å². The van der Waals surface area contributed by atoms with Gasteiger partial charge in [-0.1, -0.05) is 43.3 Å². The fourth-order valence-corrected chi connectivity index (χ4v) is 2.99. The van der Waals surface area contributed by atoms with Crippen LogP contribution in [0.3, 0.4) is 0 Å². The van der Waals surface area contributed by atoms with Gasteiger partial charge in [0.25, 0.3) is 0 Å². The summed E-state index contributed by atoms with van der Waals surface area (Å²) in [6.45, 7) is 3.56. The SMILES string of the molecule is CCc1ccccc1CNC(=NC)NCc1nc2ccccc2n1C.I. The standard InChI is InChI=1S/C20H25N5.HI/c1-4-15-9-5-6-10-16(15)13-22-20(21-2)23-14-19-24-17-11-7-8-12-18(17)25(19)3;/h5-12H,4,13-14H2,1-3H3,(H2,21,22,23);1H. The van der Waals surface area contributed by atoms with Gasteiger partial charge < -0.3 is 15.2 Å². The number of hydrogen-bond acceptors (Lipinski definition) is 2. The van der Waals surface area contributed by atoms with Crippen LogP contribution in [-0.4, -0.2) is 22.6 Å². The summed E-state index contributed by atoms with van der Waals surface area (Å²) in [6.07, 6.45) is 1.03. The Bertz CT molecular complexity index is 885. The fraction of sp³-hybridized carbons (Fsp3) is 0.300. The predicted molar refractivity (Wildman–Crippen MR) is 119 cm³/mol. The molecular weight excluding hydrogens is 437 g/mol. The van der Waals surface area contributed by atoms with E-state index in [1.807, 2.05) is 25.2 Å². The molecule has 0 amide bonds. The minimum Gasteiger partial charge on any atom is -0.352 e. The number of nitrogens with zero attached hydrogens (tertiary/aromatic N) is 3. The highest BCUT2D eigenvalue weighted by Crippen LogP contribution is 2.14. The minimum absolute atomic E-state index is 0. The zero-order valence-electron chi connectivity index (χ0n) is 15.5. The smallest absolute Gasteiger partial charge is 0.191 e. The summed E-state index contributed by atoms with van der Waals surface area (Å²) in [5.41, 5.74) is 4.82. The van der Waals surface area contributed by atoms with Gasteiger partial charge in [-0.3, -0.25) is 4.99 Å². The van der Waals surface area contributed by atoms with Crippen LogP contribution in [0.4, 0.5) is 0 Å². The molecule has 1 aromatic heterocycles. The molecule has 6 heteroatoms. The van der Waals surface area contributed by atoms with E-state index in [2.05, 4.69) is 62.4 Å². The number of aryl methyl sites for hydroxylation is 2. The first-order valence-corrected chi connectivity index (χ1v) is 8.64. The number of rotatable bonds is 5. The Morgan fingerprint density at radius 2 is 1.65 bits per heavy atom. The van der Waals surface area contributed by atoms with Crippen LogP contribution in [0.15, 0.2) is 53.5 Å². The van der Waals surface area contributed by atoms with Gasteiger partial charge in [-0.05, 0) is 29.7 Å². The zero-order valence-corrected chi connectivity index (χ0v) is 17.8. The summed E-state index contributed by atoms with van der Waals surface area (Å²) in [5, 5.41) is 6.74. The average molecular weight is 463 g/mol. The molecule has 0 unspecified atom stereocenters. The minimum atomic E-state index is 0. The molecule has 3 aromatic rings. The summed E-state index contributed by atoms with van der Waals surface area (Å²) in [5.74, 6) is 1.76. The fourth-order valence-electron chi connectivity index (χ4n) is 2.99. The van der Waals surface area contributed by atoms with Crippen molar-refractivity contribution in [1.82, 2.24) is 20.2 Å². The van der Waals surface area contributed by atoms with E-state index in [0.29, 0.717) is 6.54 Å². The van der Waals surface area contributed by atoms with Crippen LogP contribution >= 0.6 is 24.0 Å². The lowest BCUT2D eigenvalue weighted by molar-refractivity contribution is 0.735. The van der Waals surface area contributed by atoms with Crippen molar-refractivity contribution in [2.45, 2.75) is 26.4 Å². The van der Waals surface area contributed by atoms with Crippen LogP contribution in [0.5, 0.6) is 0 Å². The van der Waals surface area contributed by atoms with Gasteiger partial charge in [-0.25, -0.2) is 4.98 Å². The molecule has 0 saturated heterocycles. The van der Waals surface area contributed by atoms with Crippen LogP contribution in [0.2, 0.25) is 0 Å². The molecule has 0 aliphatic carbocycles. The molecule has 138 valence electrons.